The van der Waals surface area contributed by atoms with Crippen molar-refractivity contribution in [3.63, 3.8) is 0 Å². The Hall–Kier alpha value is -3.30. The number of nitrogens with zero attached hydrogens (tertiary/aromatic N) is 2. The van der Waals surface area contributed by atoms with E-state index in [4.69, 9.17) is 4.52 Å². The van der Waals surface area contributed by atoms with Crippen LogP contribution in [-0.2, 0) is 12.7 Å². The zero-order valence-corrected chi connectivity index (χ0v) is 13.3. The summed E-state index contributed by atoms with van der Waals surface area (Å²) in [6, 6.07) is 6.63. The number of rotatable bonds is 4. The van der Waals surface area contributed by atoms with Crippen molar-refractivity contribution in [2.45, 2.75) is 12.7 Å². The van der Waals surface area contributed by atoms with Crippen LogP contribution in [0.5, 0.6) is 0 Å². The van der Waals surface area contributed by atoms with Crippen molar-refractivity contribution in [3.8, 4) is 11.4 Å². The van der Waals surface area contributed by atoms with Crippen LogP contribution >= 0.6 is 0 Å². The van der Waals surface area contributed by atoms with Crippen LogP contribution in [0.2, 0.25) is 0 Å². The molecular formula is C17H10F5N3O2. The van der Waals surface area contributed by atoms with Gasteiger partial charge in [-0.05, 0) is 24.3 Å². The molecule has 0 saturated carbocycles. The highest BCUT2D eigenvalue weighted by molar-refractivity contribution is 5.94. The minimum atomic E-state index is -4.46. The highest BCUT2D eigenvalue weighted by Gasteiger charge is 2.30. The highest BCUT2D eigenvalue weighted by atomic mass is 19.4. The third kappa shape index (κ3) is 4.27. The van der Waals surface area contributed by atoms with Crippen molar-refractivity contribution < 1.29 is 31.3 Å². The number of halogens is 5. The summed E-state index contributed by atoms with van der Waals surface area (Å²) in [6.07, 6.45) is -4.46. The van der Waals surface area contributed by atoms with Gasteiger partial charge in [0.15, 0.2) is 0 Å². The molecule has 3 aromatic rings. The number of hydrogen-bond donors (Lipinski definition) is 1. The van der Waals surface area contributed by atoms with E-state index in [-0.39, 0.29) is 29.4 Å². The van der Waals surface area contributed by atoms with E-state index < -0.39 is 29.3 Å². The first-order chi connectivity index (χ1) is 12.7. The Labute approximate surface area is 148 Å². The third-order valence-corrected chi connectivity index (χ3v) is 3.51. The molecule has 5 nitrogen and oxygen atoms in total. The van der Waals surface area contributed by atoms with Crippen LogP contribution in [0.1, 0.15) is 21.8 Å². The smallest absolute Gasteiger partial charge is 0.343 e. The van der Waals surface area contributed by atoms with Crippen LogP contribution in [0.4, 0.5) is 22.0 Å². The van der Waals surface area contributed by atoms with E-state index in [1.165, 1.54) is 12.1 Å². The molecule has 2 aromatic carbocycles. The van der Waals surface area contributed by atoms with Crippen LogP contribution in [-0.4, -0.2) is 16.0 Å². The van der Waals surface area contributed by atoms with Crippen molar-refractivity contribution in [2.75, 3.05) is 0 Å². The molecule has 3 rings (SSSR count). The van der Waals surface area contributed by atoms with Gasteiger partial charge in [-0.25, -0.2) is 8.78 Å². The summed E-state index contributed by atoms with van der Waals surface area (Å²) in [5.41, 5.74) is -0.892. The second kappa shape index (κ2) is 7.14. The van der Waals surface area contributed by atoms with Crippen molar-refractivity contribution >= 4 is 5.91 Å². The molecule has 0 aliphatic rings. The highest BCUT2D eigenvalue weighted by Crippen LogP contribution is 2.30. The van der Waals surface area contributed by atoms with Crippen LogP contribution in [0.15, 0.2) is 47.0 Å². The number of nitrogens with one attached hydrogen (secondary N) is 1. The molecule has 140 valence electrons. The van der Waals surface area contributed by atoms with E-state index in [0.29, 0.717) is 6.07 Å². The number of amides is 1. The molecule has 0 atom stereocenters. The molecule has 0 radical (unpaired) electrons. The second-order valence-electron chi connectivity index (χ2n) is 5.39. The normalized spacial score (nSPS) is 11.4. The van der Waals surface area contributed by atoms with Gasteiger partial charge < -0.3 is 9.84 Å². The van der Waals surface area contributed by atoms with E-state index >= 15 is 0 Å². The molecule has 0 aliphatic carbocycles. The van der Waals surface area contributed by atoms with E-state index in [1.807, 2.05) is 0 Å². The van der Waals surface area contributed by atoms with Crippen molar-refractivity contribution in [1.29, 1.82) is 0 Å². The van der Waals surface area contributed by atoms with Gasteiger partial charge in [-0.2, -0.15) is 18.2 Å². The maximum absolute atomic E-state index is 13.5. The van der Waals surface area contributed by atoms with Gasteiger partial charge in [0.05, 0.1) is 17.7 Å². The predicted octanol–water partition coefficient (Wildman–Crippen LogP) is 3.96. The monoisotopic (exact) mass is 383 g/mol. The van der Waals surface area contributed by atoms with Gasteiger partial charge in [-0.3, -0.25) is 4.79 Å². The molecule has 1 amide bonds. The van der Waals surface area contributed by atoms with Gasteiger partial charge in [0, 0.05) is 11.6 Å². The number of alkyl halides is 3. The van der Waals surface area contributed by atoms with Crippen molar-refractivity contribution in [2.24, 2.45) is 0 Å². The predicted molar refractivity (Wildman–Crippen MR) is 82.3 cm³/mol. The largest absolute Gasteiger partial charge is 0.416 e. The van der Waals surface area contributed by atoms with E-state index in [1.54, 1.807) is 0 Å². The molecule has 0 fully saturated rings. The Morgan fingerprint density at radius 2 is 1.78 bits per heavy atom. The maximum atomic E-state index is 13.5. The fourth-order valence-corrected chi connectivity index (χ4v) is 2.18. The number of carbonyl (C=O) groups is 1. The first kappa shape index (κ1) is 18.5. The van der Waals surface area contributed by atoms with Crippen LogP contribution in [0, 0.1) is 11.6 Å². The molecule has 0 bridgehead atoms. The first-order valence-corrected chi connectivity index (χ1v) is 7.47. The first-order valence-electron chi connectivity index (χ1n) is 7.47. The van der Waals surface area contributed by atoms with Crippen LogP contribution in [0.25, 0.3) is 11.4 Å². The quantitative estimate of drug-likeness (QED) is 0.693. The lowest BCUT2D eigenvalue weighted by atomic mass is 10.1. The molecular weight excluding hydrogens is 373 g/mol. The topological polar surface area (TPSA) is 68.0 Å². The number of hydrogen-bond acceptors (Lipinski definition) is 4. The Morgan fingerprint density at radius 3 is 2.41 bits per heavy atom. The van der Waals surface area contributed by atoms with E-state index in [2.05, 4.69) is 15.5 Å². The van der Waals surface area contributed by atoms with Gasteiger partial charge in [-0.15, -0.1) is 0 Å². The molecule has 0 unspecified atom stereocenters. The molecule has 1 heterocycles. The number of benzene rings is 2. The van der Waals surface area contributed by atoms with Crippen LogP contribution in [0.3, 0.4) is 0 Å². The van der Waals surface area contributed by atoms with Crippen LogP contribution < -0.4 is 5.32 Å². The standard InChI is InChI=1S/C17H10F5N3O2/c18-11-5-6-12(13(19)7-11)16(26)23-8-14-24-15(25-27-14)9-1-3-10(4-2-9)17(20,21)22/h1-7H,8H2,(H,23,26). The summed E-state index contributed by atoms with van der Waals surface area (Å²) >= 11 is 0. The summed E-state index contributed by atoms with van der Waals surface area (Å²) in [6.45, 7) is -0.247. The van der Waals surface area contributed by atoms with Gasteiger partial charge in [-0.1, -0.05) is 17.3 Å². The average molecular weight is 383 g/mol. The lowest BCUT2D eigenvalue weighted by Gasteiger charge is -2.05. The van der Waals surface area contributed by atoms with Gasteiger partial charge >= 0.3 is 6.18 Å². The zero-order valence-electron chi connectivity index (χ0n) is 13.3. The number of carbonyl (C=O) groups excluding carboxylic acids is 1. The molecule has 27 heavy (non-hydrogen) atoms. The molecule has 10 heteroatoms. The summed E-state index contributed by atoms with van der Waals surface area (Å²) in [5.74, 6) is -2.67. The summed E-state index contributed by atoms with van der Waals surface area (Å²) in [4.78, 5) is 15.8. The fraction of sp³-hybridized carbons (Fsp3) is 0.118. The Kier molecular flexibility index (Phi) is 4.89. The maximum Gasteiger partial charge on any atom is 0.416 e. The zero-order chi connectivity index (χ0) is 19.6. The summed E-state index contributed by atoms with van der Waals surface area (Å²) < 4.78 is 69.0. The van der Waals surface area contributed by atoms with Gasteiger partial charge in [0.1, 0.15) is 11.6 Å². The molecule has 0 aliphatic heterocycles. The Bertz CT molecular complexity index is 967. The number of aromatic nitrogens is 2. The molecule has 0 spiro atoms. The average Bonchev–Trinajstić information content (AvgIpc) is 3.08. The SMILES string of the molecule is O=C(NCc1nc(-c2ccc(C(F)(F)F)cc2)no1)c1ccc(F)cc1F. The summed E-state index contributed by atoms with van der Waals surface area (Å²) in [5, 5.41) is 5.94. The minimum Gasteiger partial charge on any atom is -0.343 e. The molecule has 1 N–H and O–H groups in total. The summed E-state index contributed by atoms with van der Waals surface area (Å²) in [7, 11) is 0. The van der Waals surface area contributed by atoms with Gasteiger partial charge in [0.2, 0.25) is 11.7 Å². The van der Waals surface area contributed by atoms with Crippen molar-refractivity contribution in [3.05, 3.63) is 71.1 Å². The fourth-order valence-electron chi connectivity index (χ4n) is 2.18. The second-order valence-corrected chi connectivity index (χ2v) is 5.39. The van der Waals surface area contributed by atoms with E-state index in [0.717, 1.165) is 24.3 Å². The lowest BCUT2D eigenvalue weighted by molar-refractivity contribution is -0.137. The van der Waals surface area contributed by atoms with Crippen molar-refractivity contribution in [1.82, 2.24) is 15.5 Å². The molecule has 0 saturated heterocycles. The Morgan fingerprint density at radius 1 is 1.07 bits per heavy atom. The Balaban J connectivity index is 1.66. The van der Waals surface area contributed by atoms with Gasteiger partial charge in [0.25, 0.3) is 5.91 Å². The third-order valence-electron chi connectivity index (χ3n) is 3.51. The van der Waals surface area contributed by atoms with E-state index in [9.17, 15) is 26.7 Å². The molecule has 1 aromatic heterocycles. The lowest BCUT2D eigenvalue weighted by Crippen LogP contribution is -2.24. The minimum absolute atomic E-state index is 0.0286.